The van der Waals surface area contributed by atoms with Gasteiger partial charge in [-0.05, 0) is 43.4 Å². The maximum absolute atomic E-state index is 12.2. The third kappa shape index (κ3) is 7.36. The number of alkyl carbamates (subject to hydrolysis) is 1. The minimum atomic E-state index is -0.569. The molecular weight excluding hydrogens is 434 g/mol. The Morgan fingerprint density at radius 2 is 1.85 bits per heavy atom. The molecule has 0 bridgehead atoms. The molecule has 0 spiro atoms. The Balaban J connectivity index is 1.69. The van der Waals surface area contributed by atoms with E-state index in [1.54, 1.807) is 20.2 Å². The highest BCUT2D eigenvalue weighted by Gasteiger charge is 2.19. The van der Waals surface area contributed by atoms with E-state index in [9.17, 15) is 4.79 Å². The zero-order valence-electron chi connectivity index (χ0n) is 20.0. The predicted octanol–water partition coefficient (Wildman–Crippen LogP) is 3.30. The number of hydrogen-bond donors (Lipinski definition) is 3. The molecule has 0 unspecified atom stereocenters. The smallest absolute Gasteiger partial charge is 0.407 e. The Morgan fingerprint density at radius 3 is 2.53 bits per heavy atom. The number of methoxy groups -OCH3 is 1. The summed E-state index contributed by atoms with van der Waals surface area (Å²) in [5.74, 6) is 6.71. The molecule has 0 aliphatic heterocycles. The van der Waals surface area contributed by atoms with E-state index >= 15 is 0 Å². The fraction of sp³-hybridized carbons (Fsp3) is 0.440. The van der Waals surface area contributed by atoms with Gasteiger partial charge in [0.15, 0.2) is 0 Å². The average molecular weight is 470 g/mol. The van der Waals surface area contributed by atoms with Gasteiger partial charge >= 0.3 is 6.09 Å². The Labute approximate surface area is 201 Å². The third-order valence-electron chi connectivity index (χ3n) is 5.68. The van der Waals surface area contributed by atoms with Gasteiger partial charge in [0, 0.05) is 14.2 Å². The summed E-state index contributed by atoms with van der Waals surface area (Å²) in [4.78, 5) is 16.8. The lowest BCUT2D eigenvalue weighted by Crippen LogP contribution is -2.36. The zero-order valence-corrected chi connectivity index (χ0v) is 20.0. The monoisotopic (exact) mass is 469 g/mol. The van der Waals surface area contributed by atoms with E-state index in [0.29, 0.717) is 35.1 Å². The van der Waals surface area contributed by atoms with Crippen LogP contribution in [0, 0.1) is 0 Å². The van der Waals surface area contributed by atoms with Crippen LogP contribution in [0.25, 0.3) is 5.70 Å². The third-order valence-corrected chi connectivity index (χ3v) is 5.68. The van der Waals surface area contributed by atoms with E-state index < -0.39 is 6.09 Å². The summed E-state index contributed by atoms with van der Waals surface area (Å²) in [6.45, 7) is 0.541. The number of pyridine rings is 1. The largest absolute Gasteiger partial charge is 0.488 e. The lowest BCUT2D eigenvalue weighted by molar-refractivity contribution is 0.139. The first-order valence-electron chi connectivity index (χ1n) is 11.6. The molecule has 1 aromatic heterocycles. The van der Waals surface area contributed by atoms with Crippen LogP contribution in [-0.2, 0) is 22.7 Å². The van der Waals surface area contributed by atoms with Crippen LogP contribution in [0.3, 0.4) is 0 Å². The van der Waals surface area contributed by atoms with Crippen LogP contribution >= 0.6 is 0 Å². The van der Waals surface area contributed by atoms with Crippen LogP contribution in [0.2, 0.25) is 0 Å². The number of nitrogens with zero attached hydrogens (tertiary/aromatic N) is 2. The summed E-state index contributed by atoms with van der Waals surface area (Å²) in [6.07, 6.45) is 5.33. The van der Waals surface area contributed by atoms with Crippen LogP contribution in [0.4, 0.5) is 4.79 Å². The highest BCUT2D eigenvalue weighted by atomic mass is 16.5. The molecule has 1 saturated carbocycles. The Bertz CT molecular complexity index is 959. The Kier molecular flexibility index (Phi) is 9.54. The van der Waals surface area contributed by atoms with Crippen LogP contribution in [0.5, 0.6) is 5.75 Å². The van der Waals surface area contributed by atoms with E-state index in [4.69, 9.17) is 25.8 Å². The lowest BCUT2D eigenvalue weighted by Gasteiger charge is -2.24. The number of nitrogens with one attached hydrogen (secondary N) is 1. The van der Waals surface area contributed by atoms with Crippen molar-refractivity contribution < 1.29 is 19.0 Å². The normalized spacial score (nSPS) is 14.8. The van der Waals surface area contributed by atoms with Crippen LogP contribution < -0.4 is 21.6 Å². The van der Waals surface area contributed by atoms with Crippen molar-refractivity contribution in [2.24, 2.45) is 11.6 Å². The van der Waals surface area contributed by atoms with Crippen molar-refractivity contribution in [3.05, 3.63) is 65.1 Å². The van der Waals surface area contributed by atoms with Gasteiger partial charge in [0.25, 0.3) is 0 Å². The molecule has 0 radical (unpaired) electrons. The standard InChI is InChI=1S/C25H35N5O4/c1-30(27)22(15-28-25(31)33-16-18-9-5-3-6-10-18)24(26)20-13-14-23(21(29-20)17-32-2)34-19-11-7-4-8-12-19/h3,5-6,9-10,13-14,19H,4,7-8,11-12,15-17,26-27H2,1-2H3,(H,28,31)/b24-22-. The fourth-order valence-electron chi connectivity index (χ4n) is 3.84. The number of hydrazine groups is 1. The molecule has 1 amide bonds. The Hall–Kier alpha value is -3.30. The molecule has 5 N–H and O–H groups in total. The predicted molar refractivity (Wildman–Crippen MR) is 130 cm³/mol. The maximum Gasteiger partial charge on any atom is 0.407 e. The fourth-order valence-corrected chi connectivity index (χ4v) is 3.84. The number of nitrogens with two attached hydrogens (primary N) is 2. The van der Waals surface area contributed by atoms with Gasteiger partial charge in [-0.1, -0.05) is 36.8 Å². The summed E-state index contributed by atoms with van der Waals surface area (Å²) < 4.78 is 16.8. The van der Waals surface area contributed by atoms with E-state index in [1.165, 1.54) is 24.3 Å². The van der Waals surface area contributed by atoms with Crippen molar-refractivity contribution in [3.8, 4) is 5.75 Å². The summed E-state index contributed by atoms with van der Waals surface area (Å²) in [6, 6.07) is 13.1. The molecule has 3 rings (SSSR count). The number of rotatable bonds is 10. The average Bonchev–Trinajstić information content (AvgIpc) is 2.85. The van der Waals surface area contributed by atoms with Gasteiger partial charge in [0.2, 0.25) is 0 Å². The van der Waals surface area contributed by atoms with Gasteiger partial charge in [-0.25, -0.2) is 15.6 Å². The van der Waals surface area contributed by atoms with E-state index in [-0.39, 0.29) is 19.3 Å². The van der Waals surface area contributed by atoms with E-state index in [1.807, 2.05) is 36.4 Å². The molecule has 0 atom stereocenters. The molecule has 2 aromatic rings. The first-order valence-corrected chi connectivity index (χ1v) is 11.6. The number of carbonyl (C=O) groups excluding carboxylic acids is 1. The molecule has 0 saturated heterocycles. The van der Waals surface area contributed by atoms with E-state index in [0.717, 1.165) is 18.4 Å². The molecule has 1 aromatic carbocycles. The molecule has 34 heavy (non-hydrogen) atoms. The van der Waals surface area contributed by atoms with E-state index in [2.05, 4.69) is 10.3 Å². The van der Waals surface area contributed by atoms with Gasteiger partial charge in [-0.15, -0.1) is 0 Å². The molecule has 1 aliphatic rings. The molecule has 1 heterocycles. The summed E-state index contributed by atoms with van der Waals surface area (Å²) in [5.41, 5.74) is 9.34. The minimum Gasteiger partial charge on any atom is -0.488 e. The molecule has 9 heteroatoms. The molecule has 184 valence electrons. The topological polar surface area (TPSA) is 125 Å². The van der Waals surface area contributed by atoms with Crippen molar-refractivity contribution in [2.75, 3.05) is 20.7 Å². The SMILES string of the molecule is COCc1nc(/C(N)=C(\CNC(=O)OCc2ccccc2)N(C)N)ccc1OC1CCCCC1. The molecular formula is C25H35N5O4. The number of carbonyl (C=O) groups is 1. The highest BCUT2D eigenvalue weighted by Crippen LogP contribution is 2.27. The second kappa shape index (κ2) is 12.8. The van der Waals surface area contributed by atoms with Gasteiger partial charge < -0.3 is 30.3 Å². The lowest BCUT2D eigenvalue weighted by atomic mass is 9.98. The number of ether oxygens (including phenoxy) is 3. The first kappa shape index (κ1) is 25.3. The molecule has 9 nitrogen and oxygen atoms in total. The van der Waals surface area contributed by atoms with Crippen molar-refractivity contribution in [1.29, 1.82) is 0 Å². The second-order valence-electron chi connectivity index (χ2n) is 8.34. The molecule has 1 aliphatic carbocycles. The van der Waals surface area contributed by atoms with Crippen LogP contribution in [0.1, 0.15) is 49.1 Å². The summed E-state index contributed by atoms with van der Waals surface area (Å²) >= 11 is 0. The van der Waals surface area contributed by atoms with Crippen molar-refractivity contribution in [3.63, 3.8) is 0 Å². The number of benzene rings is 1. The second-order valence-corrected chi connectivity index (χ2v) is 8.34. The van der Waals surface area contributed by atoms with Gasteiger partial charge in [-0.3, -0.25) is 0 Å². The maximum atomic E-state index is 12.2. The van der Waals surface area contributed by atoms with Gasteiger partial charge in [0.1, 0.15) is 18.1 Å². The van der Waals surface area contributed by atoms with Gasteiger partial charge in [0.05, 0.1) is 36.3 Å². The highest BCUT2D eigenvalue weighted by molar-refractivity contribution is 5.69. The van der Waals surface area contributed by atoms with Crippen LogP contribution in [-0.4, -0.2) is 42.9 Å². The minimum absolute atomic E-state index is 0.0775. The summed E-state index contributed by atoms with van der Waals surface area (Å²) in [5, 5.41) is 4.05. The number of aromatic nitrogens is 1. The number of likely N-dealkylation sites (N-methyl/N-ethyl adjacent to an activating group) is 1. The van der Waals surface area contributed by atoms with Crippen molar-refractivity contribution in [2.45, 2.75) is 51.4 Å². The van der Waals surface area contributed by atoms with Crippen molar-refractivity contribution in [1.82, 2.24) is 15.3 Å². The molecule has 1 fully saturated rings. The van der Waals surface area contributed by atoms with Crippen LogP contribution in [0.15, 0.2) is 48.2 Å². The summed E-state index contributed by atoms with van der Waals surface area (Å²) in [7, 11) is 3.26. The number of amides is 1. The zero-order chi connectivity index (χ0) is 24.3. The van der Waals surface area contributed by atoms with Gasteiger partial charge in [-0.2, -0.15) is 0 Å². The quantitative estimate of drug-likeness (QED) is 0.358. The first-order chi connectivity index (χ1) is 16.5. The van der Waals surface area contributed by atoms with Crippen molar-refractivity contribution >= 4 is 11.8 Å². The Morgan fingerprint density at radius 1 is 1.12 bits per heavy atom. The number of hydrogen-bond acceptors (Lipinski definition) is 8.